The molecule has 47 heavy (non-hydrogen) atoms. The molecule has 2 atom stereocenters. The van der Waals surface area contributed by atoms with Crippen LogP contribution in [0.25, 0.3) is 0 Å². The van der Waals surface area contributed by atoms with Crippen LogP contribution in [0.15, 0.2) is 52.4 Å². The Morgan fingerprint density at radius 1 is 1.04 bits per heavy atom. The Labute approximate surface area is 273 Å². The smallest absolute Gasteiger partial charge is 0.300 e. The van der Waals surface area contributed by atoms with Gasteiger partial charge in [-0.25, -0.2) is 4.98 Å². The molecule has 3 aromatic rings. The standard InChI is InChI=1S/C29H31N5O8S.C2H4O2/c1-16-8-25(35)33-29(31-16)43-15-27(37)34-12-19-24(13-34)42-21-6-4-17(9-22(21)40-3)11-30-26(36)14-41-23-10-18(28(38)32-19)5-7-20(23)39-2;1-2(3)4/h4-10,19,24H,11-15H2,1-3H3,(H,30,36)(H,32,38)(H,31,33,35);1H3,(H,3,4)/t19-,24-;/m0./s1. The zero-order valence-electron chi connectivity index (χ0n) is 26.2. The van der Waals surface area contributed by atoms with Gasteiger partial charge < -0.3 is 44.6 Å². The molecule has 1 aromatic heterocycles. The van der Waals surface area contributed by atoms with Crippen LogP contribution in [0, 0.1) is 6.92 Å². The number of aryl methyl sites for hydroxylation is 1. The number of aromatic nitrogens is 2. The predicted octanol–water partition coefficient (Wildman–Crippen LogP) is 1.38. The summed E-state index contributed by atoms with van der Waals surface area (Å²) < 4.78 is 22.9. The van der Waals surface area contributed by atoms with Gasteiger partial charge in [0.15, 0.2) is 34.8 Å². The van der Waals surface area contributed by atoms with Gasteiger partial charge in [-0.15, -0.1) is 0 Å². The third-order valence-corrected chi connectivity index (χ3v) is 7.75. The molecule has 0 unspecified atom stereocenters. The lowest BCUT2D eigenvalue weighted by molar-refractivity contribution is -0.134. The second-order valence-corrected chi connectivity index (χ2v) is 11.4. The quantitative estimate of drug-likeness (QED) is 0.225. The molecular formula is C31H35N5O10S. The van der Waals surface area contributed by atoms with Gasteiger partial charge in [-0.2, -0.15) is 0 Å². The second kappa shape index (κ2) is 15.8. The van der Waals surface area contributed by atoms with Crippen molar-refractivity contribution in [2.45, 2.75) is 37.7 Å². The maximum Gasteiger partial charge on any atom is 0.300 e. The number of hydrogen-bond donors (Lipinski definition) is 4. The van der Waals surface area contributed by atoms with Crippen molar-refractivity contribution in [3.63, 3.8) is 0 Å². The number of thioether (sulfide) groups is 1. The van der Waals surface area contributed by atoms with E-state index in [0.717, 1.165) is 24.2 Å². The van der Waals surface area contributed by atoms with Crippen molar-refractivity contribution in [3.05, 3.63) is 69.6 Å². The minimum atomic E-state index is -0.833. The first-order valence-corrected chi connectivity index (χ1v) is 15.3. The van der Waals surface area contributed by atoms with Crippen molar-refractivity contribution in [1.82, 2.24) is 25.5 Å². The number of H-pyrrole nitrogens is 1. The van der Waals surface area contributed by atoms with Crippen LogP contribution in [0.4, 0.5) is 0 Å². The van der Waals surface area contributed by atoms with Crippen LogP contribution in [0.1, 0.15) is 28.5 Å². The topological polar surface area (TPSA) is 198 Å². The van der Waals surface area contributed by atoms with E-state index in [-0.39, 0.29) is 60.7 Å². The van der Waals surface area contributed by atoms with Crippen LogP contribution in [-0.4, -0.2) is 95.5 Å². The Kier molecular flexibility index (Phi) is 11.7. The number of benzene rings is 2. The average molecular weight is 670 g/mol. The fourth-order valence-corrected chi connectivity index (χ4v) is 5.56. The molecule has 0 spiro atoms. The number of carboxylic acid groups (broad SMARTS) is 1. The zero-order chi connectivity index (χ0) is 34.1. The molecule has 3 aliphatic rings. The summed E-state index contributed by atoms with van der Waals surface area (Å²) in [6.45, 7) is 3.11. The van der Waals surface area contributed by atoms with E-state index in [1.54, 1.807) is 42.2 Å². The van der Waals surface area contributed by atoms with Gasteiger partial charge in [-0.1, -0.05) is 17.8 Å². The minimum absolute atomic E-state index is 0.0305. The number of nitrogens with zero attached hydrogens (tertiary/aromatic N) is 2. The lowest BCUT2D eigenvalue weighted by atomic mass is 10.1. The first-order chi connectivity index (χ1) is 22.4. The number of fused-ring (bicyclic) bond motifs is 7. The summed E-state index contributed by atoms with van der Waals surface area (Å²) in [7, 11) is 2.97. The van der Waals surface area contributed by atoms with E-state index in [4.69, 9.17) is 28.8 Å². The second-order valence-electron chi connectivity index (χ2n) is 10.5. The molecule has 1 fully saturated rings. The average Bonchev–Trinajstić information content (AvgIpc) is 3.42. The van der Waals surface area contributed by atoms with Crippen molar-refractivity contribution in [1.29, 1.82) is 0 Å². The molecule has 4 N–H and O–H groups in total. The number of carbonyl (C=O) groups excluding carboxylic acids is 3. The van der Waals surface area contributed by atoms with Gasteiger partial charge in [0.1, 0.15) is 6.10 Å². The summed E-state index contributed by atoms with van der Waals surface area (Å²) in [6.07, 6.45) is -0.612. The normalized spacial score (nSPS) is 17.4. The monoisotopic (exact) mass is 669 g/mol. The first kappa shape index (κ1) is 34.6. The molecule has 6 rings (SSSR count). The predicted molar refractivity (Wildman–Crippen MR) is 169 cm³/mol. The SMILES string of the molecule is CC(=O)O.COc1ccc2cc1OCC(=O)NCc1ccc(c(OC)c1)O[C@H]1CN(C(=O)CSc3nc(C)cc(=O)[nH]3)C[C@@H]1NC2=O. The van der Waals surface area contributed by atoms with Crippen LogP contribution < -0.4 is 35.1 Å². The molecule has 0 radical (unpaired) electrons. The summed E-state index contributed by atoms with van der Waals surface area (Å²) in [5.74, 6) is -0.341. The zero-order valence-corrected chi connectivity index (χ0v) is 27.0. The van der Waals surface area contributed by atoms with Crippen molar-refractivity contribution < 1.29 is 43.2 Å². The highest BCUT2D eigenvalue weighted by Crippen LogP contribution is 2.32. The first-order valence-electron chi connectivity index (χ1n) is 14.4. The highest BCUT2D eigenvalue weighted by molar-refractivity contribution is 7.99. The molecule has 4 heterocycles. The van der Waals surface area contributed by atoms with E-state index < -0.39 is 24.0 Å². The molecule has 0 saturated carbocycles. The highest BCUT2D eigenvalue weighted by atomic mass is 32.2. The van der Waals surface area contributed by atoms with Crippen LogP contribution in [0.3, 0.4) is 0 Å². The molecule has 15 nitrogen and oxygen atoms in total. The maximum absolute atomic E-state index is 13.4. The Bertz CT molecular complexity index is 1690. The van der Waals surface area contributed by atoms with E-state index in [1.807, 2.05) is 0 Å². The van der Waals surface area contributed by atoms with Gasteiger partial charge in [0.25, 0.3) is 23.3 Å². The summed E-state index contributed by atoms with van der Waals surface area (Å²) >= 11 is 1.12. The molecule has 0 aliphatic carbocycles. The highest BCUT2D eigenvalue weighted by Gasteiger charge is 2.38. The summed E-state index contributed by atoms with van der Waals surface area (Å²) in [5.41, 5.74) is 1.31. The van der Waals surface area contributed by atoms with Gasteiger partial charge in [-0.3, -0.25) is 24.0 Å². The van der Waals surface area contributed by atoms with Crippen molar-refractivity contribution in [3.8, 4) is 23.0 Å². The molecule has 1 saturated heterocycles. The summed E-state index contributed by atoms with van der Waals surface area (Å²) in [6, 6.07) is 10.7. The third-order valence-electron chi connectivity index (χ3n) is 6.90. The fraction of sp³-hybridized carbons (Fsp3) is 0.355. The number of ether oxygens (including phenoxy) is 4. The summed E-state index contributed by atoms with van der Waals surface area (Å²) in [5, 5.41) is 13.5. The molecule has 2 aromatic carbocycles. The summed E-state index contributed by atoms with van der Waals surface area (Å²) in [4.78, 5) is 68.4. The van der Waals surface area contributed by atoms with Crippen molar-refractivity contribution in [2.24, 2.45) is 0 Å². The van der Waals surface area contributed by atoms with Crippen molar-refractivity contribution in [2.75, 3.05) is 39.7 Å². The molecule has 16 heteroatoms. The molecule has 4 bridgehead atoms. The van der Waals surface area contributed by atoms with E-state index in [0.29, 0.717) is 28.1 Å². The van der Waals surface area contributed by atoms with Gasteiger partial charge in [0, 0.05) is 37.3 Å². The largest absolute Gasteiger partial charge is 0.493 e. The van der Waals surface area contributed by atoms with Gasteiger partial charge in [0.05, 0.1) is 32.6 Å². The van der Waals surface area contributed by atoms with E-state index >= 15 is 0 Å². The number of nitrogens with one attached hydrogen (secondary N) is 3. The number of amides is 3. The number of carboxylic acids is 1. The Morgan fingerprint density at radius 2 is 1.79 bits per heavy atom. The lowest BCUT2D eigenvalue weighted by Crippen LogP contribution is -2.45. The number of aliphatic carboxylic acids is 1. The van der Waals surface area contributed by atoms with Crippen molar-refractivity contribution >= 4 is 35.5 Å². The number of likely N-dealkylation sites (tertiary alicyclic amines) is 1. The Balaban J connectivity index is 0.00000118. The van der Waals surface area contributed by atoms with Crippen LogP contribution >= 0.6 is 11.8 Å². The van der Waals surface area contributed by atoms with E-state index in [2.05, 4.69) is 20.6 Å². The van der Waals surface area contributed by atoms with E-state index in [1.165, 1.54) is 26.4 Å². The van der Waals surface area contributed by atoms with Crippen LogP contribution in [0.2, 0.25) is 0 Å². The third kappa shape index (κ3) is 9.62. The van der Waals surface area contributed by atoms with E-state index in [9.17, 15) is 19.2 Å². The van der Waals surface area contributed by atoms with Gasteiger partial charge in [-0.05, 0) is 42.8 Å². The molecule has 3 aliphatic heterocycles. The number of rotatable bonds is 5. The van der Waals surface area contributed by atoms with Gasteiger partial charge in [0.2, 0.25) is 5.91 Å². The van der Waals surface area contributed by atoms with Crippen LogP contribution in [0.5, 0.6) is 23.0 Å². The fourth-order valence-electron chi connectivity index (χ4n) is 4.74. The molecular weight excluding hydrogens is 634 g/mol. The molecule has 250 valence electrons. The number of hydrogen-bond acceptors (Lipinski definition) is 11. The van der Waals surface area contributed by atoms with Gasteiger partial charge >= 0.3 is 0 Å². The number of methoxy groups -OCH3 is 2. The molecule has 3 amide bonds. The number of aromatic amines is 1. The minimum Gasteiger partial charge on any atom is -0.493 e. The Morgan fingerprint density at radius 3 is 2.49 bits per heavy atom. The number of carbonyl (C=O) groups is 4. The van der Waals surface area contributed by atoms with Crippen LogP contribution in [-0.2, 0) is 20.9 Å². The lowest BCUT2D eigenvalue weighted by Gasteiger charge is -2.22. The Hall–Kier alpha value is -5.25. The maximum atomic E-state index is 13.4.